The Bertz CT molecular complexity index is 57.7. The number of ether oxygens (including phenoxy) is 2. The molecule has 10 heavy (non-hydrogen) atoms. The SMILES string of the molecule is CCOC(OCC)[SiH2]C.N. The van der Waals surface area contributed by atoms with Crippen molar-refractivity contribution in [1.29, 1.82) is 0 Å². The van der Waals surface area contributed by atoms with Crippen LogP contribution in [0.1, 0.15) is 13.8 Å². The summed E-state index contributed by atoms with van der Waals surface area (Å²) in [6.45, 7) is 7.72. The van der Waals surface area contributed by atoms with E-state index in [4.69, 9.17) is 9.47 Å². The molecule has 0 aliphatic rings. The fourth-order valence-electron chi connectivity index (χ4n) is 0.656. The van der Waals surface area contributed by atoms with Gasteiger partial charge < -0.3 is 15.6 Å². The van der Waals surface area contributed by atoms with Crippen molar-refractivity contribution in [3.8, 4) is 0 Å². The van der Waals surface area contributed by atoms with Gasteiger partial charge in [0.15, 0.2) is 0 Å². The average molecular weight is 165 g/mol. The molecule has 0 amide bonds. The van der Waals surface area contributed by atoms with E-state index in [2.05, 4.69) is 6.55 Å². The highest BCUT2D eigenvalue weighted by Crippen LogP contribution is 1.91. The maximum atomic E-state index is 5.27. The molecule has 0 radical (unpaired) electrons. The van der Waals surface area contributed by atoms with Crippen LogP contribution in [-0.2, 0) is 9.47 Å². The van der Waals surface area contributed by atoms with Gasteiger partial charge in [-0.05, 0) is 13.8 Å². The number of hydrogen-bond donors (Lipinski definition) is 1. The van der Waals surface area contributed by atoms with Crippen LogP contribution in [0.15, 0.2) is 0 Å². The van der Waals surface area contributed by atoms with Crippen molar-refractivity contribution >= 4 is 9.52 Å². The fourth-order valence-corrected chi connectivity index (χ4v) is 1.60. The largest absolute Gasteiger partial charge is 0.357 e. The normalized spacial score (nSPS) is 10.8. The lowest BCUT2D eigenvalue weighted by atomic mass is 10.9. The summed E-state index contributed by atoms with van der Waals surface area (Å²) in [5, 5.41) is 0. The molecule has 0 aromatic heterocycles. The molecule has 0 spiro atoms. The van der Waals surface area contributed by atoms with Gasteiger partial charge in [-0.1, -0.05) is 6.55 Å². The zero-order valence-corrected chi connectivity index (χ0v) is 8.64. The second-order valence-corrected chi connectivity index (χ2v) is 3.23. The van der Waals surface area contributed by atoms with Crippen molar-refractivity contribution in [1.82, 2.24) is 6.15 Å². The lowest BCUT2D eigenvalue weighted by Gasteiger charge is -2.13. The molecule has 0 fully saturated rings. The first-order chi connectivity index (χ1) is 4.35. The van der Waals surface area contributed by atoms with E-state index in [-0.39, 0.29) is 21.6 Å². The minimum absolute atomic E-state index is 0. The van der Waals surface area contributed by atoms with Gasteiger partial charge in [-0.15, -0.1) is 0 Å². The van der Waals surface area contributed by atoms with Crippen molar-refractivity contribution in [2.45, 2.75) is 26.3 Å². The van der Waals surface area contributed by atoms with Crippen LogP contribution in [0.25, 0.3) is 0 Å². The molecule has 0 unspecified atom stereocenters. The molecule has 0 aromatic rings. The second kappa shape index (κ2) is 9.10. The zero-order chi connectivity index (χ0) is 7.11. The van der Waals surface area contributed by atoms with Crippen LogP contribution in [0.3, 0.4) is 0 Å². The van der Waals surface area contributed by atoms with Crippen molar-refractivity contribution in [3.63, 3.8) is 0 Å². The van der Waals surface area contributed by atoms with Gasteiger partial charge in [0.2, 0.25) is 0 Å². The van der Waals surface area contributed by atoms with E-state index < -0.39 is 0 Å². The Morgan fingerprint density at radius 1 is 1.20 bits per heavy atom. The molecule has 3 N–H and O–H groups in total. The molecule has 3 nitrogen and oxygen atoms in total. The Morgan fingerprint density at radius 3 is 1.80 bits per heavy atom. The van der Waals surface area contributed by atoms with Gasteiger partial charge in [-0.3, -0.25) is 0 Å². The molecule has 0 aliphatic carbocycles. The van der Waals surface area contributed by atoms with Gasteiger partial charge in [0.1, 0.15) is 5.91 Å². The quantitative estimate of drug-likeness (QED) is 0.482. The highest BCUT2D eigenvalue weighted by molar-refractivity contribution is 6.34. The lowest BCUT2D eigenvalue weighted by Crippen LogP contribution is -2.22. The molecule has 64 valence electrons. The topological polar surface area (TPSA) is 53.5 Å². The summed E-state index contributed by atoms with van der Waals surface area (Å²) in [5.41, 5.74) is 0. The van der Waals surface area contributed by atoms with Crippen LogP contribution in [0.2, 0.25) is 6.55 Å². The van der Waals surface area contributed by atoms with Crippen LogP contribution in [0, 0.1) is 0 Å². The van der Waals surface area contributed by atoms with Gasteiger partial charge in [0.05, 0.1) is 9.52 Å². The van der Waals surface area contributed by atoms with Gasteiger partial charge in [-0.25, -0.2) is 0 Å². The summed E-state index contributed by atoms with van der Waals surface area (Å²) >= 11 is 0. The van der Waals surface area contributed by atoms with Crippen molar-refractivity contribution in [2.24, 2.45) is 0 Å². The summed E-state index contributed by atoms with van der Waals surface area (Å²) in [6.07, 6.45) is 0. The van der Waals surface area contributed by atoms with Crippen LogP contribution in [0.5, 0.6) is 0 Å². The number of rotatable bonds is 5. The van der Waals surface area contributed by atoms with Crippen LogP contribution < -0.4 is 6.15 Å². The third kappa shape index (κ3) is 6.22. The third-order valence-corrected chi connectivity index (χ3v) is 2.18. The predicted octanol–water partition coefficient (Wildman–Crippen LogP) is 0.722. The molecule has 0 bridgehead atoms. The maximum absolute atomic E-state index is 5.27. The predicted molar refractivity (Wildman–Crippen MR) is 46.5 cm³/mol. The second-order valence-electron chi connectivity index (χ2n) is 1.75. The molecular weight excluding hydrogens is 146 g/mol. The summed E-state index contributed by atoms with van der Waals surface area (Å²) < 4.78 is 10.5. The van der Waals surface area contributed by atoms with Crippen molar-refractivity contribution in [2.75, 3.05) is 13.2 Å². The van der Waals surface area contributed by atoms with E-state index in [1.54, 1.807) is 0 Å². The average Bonchev–Trinajstić information content (AvgIpc) is 1.88. The van der Waals surface area contributed by atoms with E-state index in [0.717, 1.165) is 13.2 Å². The molecule has 4 heteroatoms. The van der Waals surface area contributed by atoms with E-state index in [1.807, 2.05) is 13.8 Å². The van der Waals surface area contributed by atoms with Gasteiger partial charge >= 0.3 is 0 Å². The molecular formula is C6H19NO2Si. The molecule has 0 atom stereocenters. The highest BCUT2D eigenvalue weighted by Gasteiger charge is 2.01. The Balaban J connectivity index is 0. The van der Waals surface area contributed by atoms with Crippen molar-refractivity contribution in [3.05, 3.63) is 0 Å². The fraction of sp³-hybridized carbons (Fsp3) is 1.00. The first kappa shape index (κ1) is 12.7. The lowest BCUT2D eigenvalue weighted by molar-refractivity contribution is -0.0823. The van der Waals surface area contributed by atoms with E-state index >= 15 is 0 Å². The Labute approximate surface area is 65.5 Å². The molecule has 0 saturated heterocycles. The monoisotopic (exact) mass is 165 g/mol. The molecule has 0 heterocycles. The molecule has 0 saturated carbocycles. The van der Waals surface area contributed by atoms with Crippen LogP contribution >= 0.6 is 0 Å². The number of hydrogen-bond acceptors (Lipinski definition) is 3. The van der Waals surface area contributed by atoms with E-state index in [0.29, 0.717) is 0 Å². The minimum atomic E-state index is -0.138. The first-order valence-corrected chi connectivity index (χ1v) is 5.81. The summed E-state index contributed by atoms with van der Waals surface area (Å²) in [4.78, 5) is 0. The van der Waals surface area contributed by atoms with E-state index in [1.165, 1.54) is 0 Å². The standard InChI is InChI=1S/C6H16O2Si.H3N/c1-4-7-6(9-3)8-5-2;/h6H,4-5,9H2,1-3H3;1H3. The Morgan fingerprint density at radius 2 is 1.60 bits per heavy atom. The van der Waals surface area contributed by atoms with Gasteiger partial charge in [0, 0.05) is 13.2 Å². The van der Waals surface area contributed by atoms with Crippen molar-refractivity contribution < 1.29 is 9.47 Å². The maximum Gasteiger partial charge on any atom is 0.134 e. The first-order valence-electron chi connectivity index (χ1n) is 3.58. The Hall–Kier alpha value is 0.0969. The highest BCUT2D eigenvalue weighted by atomic mass is 28.2. The molecule has 0 aliphatic heterocycles. The molecule has 0 aromatic carbocycles. The van der Waals surface area contributed by atoms with Crippen LogP contribution in [0.4, 0.5) is 0 Å². The van der Waals surface area contributed by atoms with Crippen LogP contribution in [-0.4, -0.2) is 28.6 Å². The minimum Gasteiger partial charge on any atom is -0.357 e. The zero-order valence-electron chi connectivity index (χ0n) is 7.22. The third-order valence-electron chi connectivity index (χ3n) is 1.04. The van der Waals surface area contributed by atoms with Gasteiger partial charge in [0.25, 0.3) is 0 Å². The Kier molecular flexibility index (Phi) is 11.6. The summed E-state index contributed by atoms with van der Waals surface area (Å²) in [5.74, 6) is 0.153. The summed E-state index contributed by atoms with van der Waals surface area (Å²) in [7, 11) is -0.138. The van der Waals surface area contributed by atoms with Gasteiger partial charge in [-0.2, -0.15) is 0 Å². The summed E-state index contributed by atoms with van der Waals surface area (Å²) in [6, 6.07) is 0. The smallest absolute Gasteiger partial charge is 0.134 e. The van der Waals surface area contributed by atoms with E-state index in [9.17, 15) is 0 Å². The molecule has 0 rings (SSSR count).